The first-order valence-electron chi connectivity index (χ1n) is 11.1. The second-order valence-electron chi connectivity index (χ2n) is 8.26. The lowest BCUT2D eigenvalue weighted by Crippen LogP contribution is -2.54. The highest BCUT2D eigenvalue weighted by Crippen LogP contribution is 2.28. The number of amides is 5. The summed E-state index contributed by atoms with van der Waals surface area (Å²) >= 11 is 12.1. The van der Waals surface area contributed by atoms with E-state index >= 15 is 0 Å². The van der Waals surface area contributed by atoms with Gasteiger partial charge in [0.1, 0.15) is 11.3 Å². The van der Waals surface area contributed by atoms with Crippen LogP contribution >= 0.6 is 23.2 Å². The number of hydrogen-bond donors (Lipinski definition) is 2. The lowest BCUT2D eigenvalue weighted by Gasteiger charge is -2.27. The van der Waals surface area contributed by atoms with Gasteiger partial charge in [-0.25, -0.2) is 9.69 Å². The molecule has 1 aliphatic rings. The fourth-order valence-corrected chi connectivity index (χ4v) is 3.89. The number of carbonyl (C=O) groups is 4. The lowest BCUT2D eigenvalue weighted by molar-refractivity contribution is -0.122. The van der Waals surface area contributed by atoms with Crippen molar-refractivity contribution in [3.63, 3.8) is 0 Å². The van der Waals surface area contributed by atoms with E-state index in [0.29, 0.717) is 32.6 Å². The summed E-state index contributed by atoms with van der Waals surface area (Å²) in [6.07, 6.45) is 1.37. The number of halogens is 2. The summed E-state index contributed by atoms with van der Waals surface area (Å²) in [5.74, 6) is -1.53. The minimum atomic E-state index is -0.854. The fourth-order valence-electron chi connectivity index (χ4n) is 3.54. The molecule has 0 aromatic heterocycles. The molecule has 0 atom stereocenters. The Morgan fingerprint density at radius 2 is 1.68 bits per heavy atom. The van der Waals surface area contributed by atoms with Crippen LogP contribution in [0.15, 0.2) is 66.2 Å². The number of rotatable bonds is 6. The van der Waals surface area contributed by atoms with Crippen LogP contribution < -0.4 is 20.3 Å². The molecule has 37 heavy (non-hydrogen) atoms. The molecular formula is C27H21Cl2N3O5. The SMILES string of the molecule is Cc1ccc(NC(=O)COc2ccc(/C=C3\C(=O)NC(=O)N(c4cc(Cl)ccc4C)C3=O)cc2)cc1Cl. The summed E-state index contributed by atoms with van der Waals surface area (Å²) in [6, 6.07) is 15.6. The van der Waals surface area contributed by atoms with E-state index in [1.165, 1.54) is 12.1 Å². The Labute approximate surface area is 222 Å². The van der Waals surface area contributed by atoms with Crippen LogP contribution in [0.1, 0.15) is 16.7 Å². The normalized spacial score (nSPS) is 14.5. The van der Waals surface area contributed by atoms with Crippen molar-refractivity contribution in [2.24, 2.45) is 0 Å². The van der Waals surface area contributed by atoms with Crippen molar-refractivity contribution >= 4 is 64.4 Å². The van der Waals surface area contributed by atoms with Crippen molar-refractivity contribution in [1.29, 1.82) is 0 Å². The highest BCUT2D eigenvalue weighted by Gasteiger charge is 2.37. The van der Waals surface area contributed by atoms with Gasteiger partial charge >= 0.3 is 6.03 Å². The molecule has 4 rings (SSSR count). The number of nitrogens with one attached hydrogen (secondary N) is 2. The number of anilines is 2. The van der Waals surface area contributed by atoms with Crippen LogP contribution in [0.2, 0.25) is 10.0 Å². The molecule has 0 bridgehead atoms. The smallest absolute Gasteiger partial charge is 0.335 e. The van der Waals surface area contributed by atoms with Crippen molar-refractivity contribution in [1.82, 2.24) is 5.32 Å². The van der Waals surface area contributed by atoms with E-state index in [0.717, 1.165) is 10.5 Å². The molecule has 0 saturated carbocycles. The zero-order valence-electron chi connectivity index (χ0n) is 19.8. The van der Waals surface area contributed by atoms with Gasteiger partial charge < -0.3 is 10.1 Å². The maximum atomic E-state index is 13.1. The second kappa shape index (κ2) is 10.9. The summed E-state index contributed by atoms with van der Waals surface area (Å²) in [7, 11) is 0. The molecule has 0 radical (unpaired) electrons. The first-order valence-corrected chi connectivity index (χ1v) is 11.8. The number of benzene rings is 3. The van der Waals surface area contributed by atoms with Crippen LogP contribution in [0.3, 0.4) is 0 Å². The summed E-state index contributed by atoms with van der Waals surface area (Å²) in [4.78, 5) is 51.1. The van der Waals surface area contributed by atoms with Gasteiger partial charge in [0.25, 0.3) is 17.7 Å². The van der Waals surface area contributed by atoms with Crippen LogP contribution in [-0.4, -0.2) is 30.4 Å². The standard InChI is InChI=1S/C27H21Cl2N3O5/c1-15-4-8-19(13-22(15)29)30-24(33)14-37-20-9-5-17(6-10-20)11-21-25(34)31-27(36)32(26(21)35)23-12-18(28)7-3-16(23)2/h3-13H,14H2,1-2H3,(H,30,33)(H,31,34,36)/b21-11+. The minimum absolute atomic E-state index is 0.219. The van der Waals surface area contributed by atoms with Crippen LogP contribution in [0, 0.1) is 13.8 Å². The molecule has 5 amide bonds. The predicted octanol–water partition coefficient (Wildman–Crippen LogP) is 5.29. The third-order valence-electron chi connectivity index (χ3n) is 5.53. The van der Waals surface area contributed by atoms with Gasteiger partial charge in [-0.3, -0.25) is 19.7 Å². The van der Waals surface area contributed by atoms with E-state index in [1.807, 2.05) is 6.92 Å². The van der Waals surface area contributed by atoms with E-state index < -0.39 is 17.8 Å². The van der Waals surface area contributed by atoms with Gasteiger partial charge in [0.05, 0.1) is 5.69 Å². The third-order valence-corrected chi connectivity index (χ3v) is 6.17. The molecule has 0 unspecified atom stereocenters. The molecule has 1 heterocycles. The maximum absolute atomic E-state index is 13.1. The average Bonchev–Trinajstić information content (AvgIpc) is 2.85. The summed E-state index contributed by atoms with van der Waals surface area (Å²) < 4.78 is 5.52. The topological polar surface area (TPSA) is 105 Å². The van der Waals surface area contributed by atoms with Crippen molar-refractivity contribution < 1.29 is 23.9 Å². The lowest BCUT2D eigenvalue weighted by atomic mass is 10.1. The van der Waals surface area contributed by atoms with Crippen molar-refractivity contribution in [2.75, 3.05) is 16.8 Å². The Hall–Kier alpha value is -4.14. The summed E-state index contributed by atoms with van der Waals surface area (Å²) in [5, 5.41) is 5.78. The van der Waals surface area contributed by atoms with E-state index in [1.54, 1.807) is 61.5 Å². The number of ether oxygens (including phenoxy) is 1. The van der Waals surface area contributed by atoms with Gasteiger partial charge in [0, 0.05) is 15.7 Å². The predicted molar refractivity (Wildman–Crippen MR) is 142 cm³/mol. The summed E-state index contributed by atoms with van der Waals surface area (Å²) in [6.45, 7) is 3.35. The number of carbonyl (C=O) groups excluding carboxylic acids is 4. The van der Waals surface area contributed by atoms with Crippen LogP contribution in [-0.2, 0) is 14.4 Å². The van der Waals surface area contributed by atoms with Gasteiger partial charge in [-0.2, -0.15) is 0 Å². The first-order chi connectivity index (χ1) is 17.6. The summed E-state index contributed by atoms with van der Waals surface area (Å²) in [5.41, 5.74) is 2.67. The Morgan fingerprint density at radius 1 is 0.973 bits per heavy atom. The van der Waals surface area contributed by atoms with E-state index in [9.17, 15) is 19.2 Å². The fraction of sp³-hybridized carbons (Fsp3) is 0.111. The van der Waals surface area contributed by atoms with Gasteiger partial charge in [-0.1, -0.05) is 47.5 Å². The third kappa shape index (κ3) is 5.99. The largest absolute Gasteiger partial charge is 0.484 e. The molecule has 0 aliphatic carbocycles. The van der Waals surface area contributed by atoms with Crippen LogP contribution in [0.5, 0.6) is 5.75 Å². The molecule has 3 aromatic rings. The molecule has 1 fully saturated rings. The number of imide groups is 2. The van der Waals surface area contributed by atoms with Gasteiger partial charge in [-0.05, 0) is 73.0 Å². The van der Waals surface area contributed by atoms with E-state index in [4.69, 9.17) is 27.9 Å². The van der Waals surface area contributed by atoms with Crippen LogP contribution in [0.25, 0.3) is 6.08 Å². The van der Waals surface area contributed by atoms with E-state index in [-0.39, 0.29) is 23.8 Å². The highest BCUT2D eigenvalue weighted by atomic mass is 35.5. The molecule has 2 N–H and O–H groups in total. The van der Waals surface area contributed by atoms with Gasteiger partial charge in [0.2, 0.25) is 0 Å². The van der Waals surface area contributed by atoms with Crippen LogP contribution in [0.4, 0.5) is 16.2 Å². The maximum Gasteiger partial charge on any atom is 0.335 e. The monoisotopic (exact) mass is 537 g/mol. The quantitative estimate of drug-likeness (QED) is 0.328. The van der Waals surface area contributed by atoms with E-state index in [2.05, 4.69) is 10.6 Å². The number of aryl methyl sites for hydroxylation is 2. The number of nitrogens with zero attached hydrogens (tertiary/aromatic N) is 1. The Morgan fingerprint density at radius 3 is 2.38 bits per heavy atom. The zero-order chi connectivity index (χ0) is 26.7. The van der Waals surface area contributed by atoms with Gasteiger partial charge in [0.15, 0.2) is 6.61 Å². The molecule has 1 aliphatic heterocycles. The first kappa shape index (κ1) is 25.9. The Balaban J connectivity index is 1.44. The van der Waals surface area contributed by atoms with Crippen molar-refractivity contribution in [2.45, 2.75) is 13.8 Å². The second-order valence-corrected chi connectivity index (χ2v) is 9.10. The Bertz CT molecular complexity index is 1450. The average molecular weight is 538 g/mol. The highest BCUT2D eigenvalue weighted by molar-refractivity contribution is 6.39. The Kier molecular flexibility index (Phi) is 7.61. The number of barbiturate groups is 1. The van der Waals surface area contributed by atoms with Crippen molar-refractivity contribution in [3.05, 3.63) is 93.0 Å². The zero-order valence-corrected chi connectivity index (χ0v) is 21.3. The van der Waals surface area contributed by atoms with Crippen molar-refractivity contribution in [3.8, 4) is 5.75 Å². The van der Waals surface area contributed by atoms with Gasteiger partial charge in [-0.15, -0.1) is 0 Å². The number of hydrogen-bond acceptors (Lipinski definition) is 5. The molecule has 0 spiro atoms. The molecular weight excluding hydrogens is 517 g/mol. The minimum Gasteiger partial charge on any atom is -0.484 e. The molecule has 8 nitrogen and oxygen atoms in total. The molecule has 10 heteroatoms. The molecule has 3 aromatic carbocycles. The number of urea groups is 1. The molecule has 1 saturated heterocycles. The molecule has 188 valence electrons.